The van der Waals surface area contributed by atoms with Gasteiger partial charge in [-0.25, -0.2) is 4.31 Å². The molecule has 0 N–H and O–H groups in total. The van der Waals surface area contributed by atoms with E-state index >= 15 is 0 Å². The van der Waals surface area contributed by atoms with Gasteiger partial charge in [0.25, 0.3) is 10.0 Å². The highest BCUT2D eigenvalue weighted by Crippen LogP contribution is 2.42. The molecule has 0 spiro atoms. The first kappa shape index (κ1) is 25.2. The van der Waals surface area contributed by atoms with Gasteiger partial charge in [-0.2, -0.15) is 8.42 Å². The summed E-state index contributed by atoms with van der Waals surface area (Å²) >= 11 is 8.98. The average molecular weight is 566 g/mol. The number of carbonyl (C=O) groups excluding carboxylic acids is 1. The van der Waals surface area contributed by atoms with E-state index in [0.717, 1.165) is 42.8 Å². The van der Waals surface area contributed by atoms with Crippen LogP contribution in [-0.2, 0) is 21.4 Å². The number of hydrogen-bond acceptors (Lipinski definition) is 6. The van der Waals surface area contributed by atoms with Crippen molar-refractivity contribution in [2.45, 2.75) is 10.8 Å². The van der Waals surface area contributed by atoms with Gasteiger partial charge in [-0.1, -0.05) is 60.1 Å². The van der Waals surface area contributed by atoms with Gasteiger partial charge in [0.05, 0.1) is 5.69 Å². The Hall–Kier alpha value is -3.43. The van der Waals surface area contributed by atoms with Crippen LogP contribution in [-0.4, -0.2) is 14.8 Å². The molecule has 5 rings (SSSR count). The summed E-state index contributed by atoms with van der Waals surface area (Å²) in [4.78, 5) is 12.7. The fourth-order valence-electron chi connectivity index (χ4n) is 3.84. The number of benzene rings is 3. The van der Waals surface area contributed by atoms with E-state index in [1.54, 1.807) is 53.1 Å². The van der Waals surface area contributed by atoms with Crippen molar-refractivity contribution >= 4 is 56.4 Å². The van der Waals surface area contributed by atoms with Gasteiger partial charge < -0.3 is 4.74 Å². The minimum absolute atomic E-state index is 0.105. The molecular formula is C28H20ClNO4S3. The number of thiophene rings is 2. The van der Waals surface area contributed by atoms with E-state index in [1.165, 1.54) is 6.07 Å². The van der Waals surface area contributed by atoms with Crippen molar-refractivity contribution in [2.24, 2.45) is 0 Å². The van der Waals surface area contributed by atoms with Crippen molar-refractivity contribution in [1.29, 1.82) is 0 Å². The second-order valence-corrected chi connectivity index (χ2v) is 12.3. The molecule has 0 aliphatic carbocycles. The normalized spacial score (nSPS) is 11.3. The molecule has 0 atom stereocenters. The maximum atomic E-state index is 12.9. The Morgan fingerprint density at radius 1 is 0.838 bits per heavy atom. The topological polar surface area (TPSA) is 63.7 Å². The second-order valence-electron chi connectivity index (χ2n) is 7.96. The number of amides is 1. The van der Waals surface area contributed by atoms with E-state index in [0.29, 0.717) is 23.8 Å². The number of anilines is 1. The number of nitrogens with zero attached hydrogens (tertiary/aromatic N) is 1. The Bertz CT molecular complexity index is 1610. The zero-order valence-electron chi connectivity index (χ0n) is 19.3. The number of carbonyl (C=O) groups is 1. The summed E-state index contributed by atoms with van der Waals surface area (Å²) < 4.78 is 32.8. The average Bonchev–Trinajstić information content (AvgIpc) is 3.63. The lowest BCUT2D eigenvalue weighted by molar-refractivity contribution is -0.106. The Labute approximate surface area is 228 Å². The lowest BCUT2D eigenvalue weighted by Gasteiger charge is -2.17. The van der Waals surface area contributed by atoms with Gasteiger partial charge in [0.1, 0.15) is 16.6 Å². The summed E-state index contributed by atoms with van der Waals surface area (Å²) in [5, 5.41) is 4.24. The zero-order chi connectivity index (χ0) is 25.8. The molecule has 2 aromatic heterocycles. The maximum absolute atomic E-state index is 12.9. The van der Waals surface area contributed by atoms with Crippen LogP contribution in [0.1, 0.15) is 5.56 Å². The summed E-state index contributed by atoms with van der Waals surface area (Å²) in [6, 6.07) is 27.5. The van der Waals surface area contributed by atoms with Gasteiger partial charge in [0.15, 0.2) is 0 Å². The van der Waals surface area contributed by atoms with Gasteiger partial charge >= 0.3 is 0 Å². The molecule has 0 saturated heterocycles. The number of halogens is 1. The molecule has 2 heterocycles. The largest absolute Gasteiger partial charge is 0.488 e. The van der Waals surface area contributed by atoms with Crippen LogP contribution in [0.25, 0.3) is 21.6 Å². The molecule has 5 aromatic rings. The van der Waals surface area contributed by atoms with Crippen molar-refractivity contribution in [2.75, 3.05) is 4.31 Å². The fourth-order valence-corrected chi connectivity index (χ4v) is 7.23. The summed E-state index contributed by atoms with van der Waals surface area (Å²) in [6.07, 6.45) is 0.322. The monoisotopic (exact) mass is 565 g/mol. The van der Waals surface area contributed by atoms with Crippen LogP contribution in [0, 0.1) is 0 Å². The van der Waals surface area contributed by atoms with E-state index in [4.69, 9.17) is 16.3 Å². The highest BCUT2D eigenvalue weighted by molar-refractivity contribution is 7.95. The molecule has 186 valence electrons. The number of ether oxygens (including phenoxy) is 1. The third-order valence-electron chi connectivity index (χ3n) is 5.62. The highest BCUT2D eigenvalue weighted by atomic mass is 35.5. The Balaban J connectivity index is 1.46. The number of rotatable bonds is 9. The number of sulfonamides is 1. The Kier molecular flexibility index (Phi) is 7.43. The predicted octanol–water partition coefficient (Wildman–Crippen LogP) is 7.73. The smallest absolute Gasteiger partial charge is 0.280 e. The Morgan fingerprint density at radius 3 is 2.32 bits per heavy atom. The molecular weight excluding hydrogens is 546 g/mol. The molecule has 0 aliphatic heterocycles. The predicted molar refractivity (Wildman–Crippen MR) is 151 cm³/mol. The molecule has 9 heteroatoms. The van der Waals surface area contributed by atoms with E-state index < -0.39 is 10.0 Å². The SMILES string of the molecule is O=CN(c1ccc(-c2sccc2-c2cc(Cl)ccc2OCc2ccccc2)cc1)S(=O)(=O)c1cccs1. The first-order valence-electron chi connectivity index (χ1n) is 11.1. The lowest BCUT2D eigenvalue weighted by atomic mass is 10.0. The third-order valence-corrected chi connectivity index (χ3v) is 9.86. The molecule has 0 bridgehead atoms. The molecule has 0 radical (unpaired) electrons. The molecule has 0 saturated carbocycles. The summed E-state index contributed by atoms with van der Waals surface area (Å²) in [7, 11) is -3.96. The van der Waals surface area contributed by atoms with E-state index in [2.05, 4.69) is 0 Å². The molecule has 1 amide bonds. The van der Waals surface area contributed by atoms with Crippen LogP contribution in [0.4, 0.5) is 5.69 Å². The van der Waals surface area contributed by atoms with Crippen molar-refractivity contribution in [3.63, 3.8) is 0 Å². The summed E-state index contributed by atoms with van der Waals surface area (Å²) in [6.45, 7) is 0.421. The van der Waals surface area contributed by atoms with Gasteiger partial charge in [0.2, 0.25) is 6.41 Å². The van der Waals surface area contributed by atoms with Crippen molar-refractivity contribution in [3.8, 4) is 27.3 Å². The van der Waals surface area contributed by atoms with E-state index in [9.17, 15) is 13.2 Å². The van der Waals surface area contributed by atoms with Crippen molar-refractivity contribution in [3.05, 3.63) is 112 Å². The summed E-state index contributed by atoms with van der Waals surface area (Å²) in [5.41, 5.74) is 4.00. The van der Waals surface area contributed by atoms with Gasteiger partial charge in [-0.05, 0) is 64.4 Å². The second kappa shape index (κ2) is 10.9. The minimum Gasteiger partial charge on any atom is -0.488 e. The number of hydrogen-bond donors (Lipinski definition) is 0. The minimum atomic E-state index is -3.96. The standard InChI is InChI=1S/C28H20ClNO4S3/c29-22-10-13-26(34-18-20-5-2-1-3-6-20)25(17-22)24-14-16-36-28(24)21-8-11-23(12-9-21)30(19-31)37(32,33)27-7-4-15-35-27/h1-17,19H,18H2. The molecule has 3 aromatic carbocycles. The van der Waals surface area contributed by atoms with E-state index in [1.807, 2.05) is 53.9 Å². The maximum Gasteiger partial charge on any atom is 0.280 e. The van der Waals surface area contributed by atoms with Crippen molar-refractivity contribution < 1.29 is 17.9 Å². The first-order valence-corrected chi connectivity index (χ1v) is 14.7. The molecule has 0 fully saturated rings. The summed E-state index contributed by atoms with van der Waals surface area (Å²) in [5.74, 6) is 0.707. The zero-order valence-corrected chi connectivity index (χ0v) is 22.5. The lowest BCUT2D eigenvalue weighted by Crippen LogP contribution is -2.28. The third kappa shape index (κ3) is 5.33. The molecule has 37 heavy (non-hydrogen) atoms. The fraction of sp³-hybridized carbons (Fsp3) is 0.0357. The van der Waals surface area contributed by atoms with Gasteiger partial charge in [-0.15, -0.1) is 22.7 Å². The van der Waals surface area contributed by atoms with Gasteiger partial charge in [-0.3, -0.25) is 4.79 Å². The van der Waals surface area contributed by atoms with E-state index in [-0.39, 0.29) is 9.90 Å². The molecule has 0 aliphatic rings. The quantitative estimate of drug-likeness (QED) is 0.172. The highest BCUT2D eigenvalue weighted by Gasteiger charge is 2.26. The first-order chi connectivity index (χ1) is 18.0. The van der Waals surface area contributed by atoms with Crippen LogP contribution in [0.15, 0.2) is 106 Å². The van der Waals surface area contributed by atoms with Gasteiger partial charge in [0, 0.05) is 21.0 Å². The van der Waals surface area contributed by atoms with Crippen LogP contribution in [0.3, 0.4) is 0 Å². The Morgan fingerprint density at radius 2 is 1.62 bits per heavy atom. The van der Waals surface area contributed by atoms with Crippen LogP contribution in [0.5, 0.6) is 5.75 Å². The molecule has 5 nitrogen and oxygen atoms in total. The molecule has 0 unspecified atom stereocenters. The van der Waals surface area contributed by atoms with Crippen LogP contribution >= 0.6 is 34.3 Å². The van der Waals surface area contributed by atoms with Crippen LogP contribution < -0.4 is 9.04 Å². The van der Waals surface area contributed by atoms with Crippen LogP contribution in [0.2, 0.25) is 5.02 Å². The van der Waals surface area contributed by atoms with Crippen molar-refractivity contribution in [1.82, 2.24) is 0 Å².